The van der Waals surface area contributed by atoms with Crippen molar-refractivity contribution in [2.75, 3.05) is 6.61 Å². The number of rotatable bonds is 0. The Hall–Kier alpha value is -1.29. The van der Waals surface area contributed by atoms with Gasteiger partial charge in [0.15, 0.2) is 5.75 Å². The molecule has 1 aromatic rings. The van der Waals surface area contributed by atoms with Gasteiger partial charge in [-0.3, -0.25) is 4.98 Å². The van der Waals surface area contributed by atoms with Gasteiger partial charge in [0.25, 0.3) is 0 Å². The fourth-order valence-electron chi connectivity index (χ4n) is 1.26. The van der Waals surface area contributed by atoms with Crippen molar-refractivity contribution in [1.82, 2.24) is 4.98 Å². The molecule has 1 aliphatic rings. The van der Waals surface area contributed by atoms with Crippen molar-refractivity contribution in [3.8, 4) is 5.75 Å². The Labute approximate surface area is 80.4 Å². The molecule has 0 bridgehead atoms. The van der Waals surface area contributed by atoms with Gasteiger partial charge in [0.2, 0.25) is 0 Å². The zero-order valence-corrected chi connectivity index (χ0v) is 7.58. The predicted octanol–water partition coefficient (Wildman–Crippen LogP) is 1.18. The fraction of sp³-hybridized carbons (Fsp3) is 0.250. The molecule has 2 heterocycles. The van der Waals surface area contributed by atoms with Crippen LogP contribution in [-0.2, 0) is 0 Å². The highest BCUT2D eigenvalue weighted by Gasteiger charge is 2.20. The van der Waals surface area contributed by atoms with Gasteiger partial charge in [-0.25, -0.2) is 0 Å². The molecule has 0 radical (unpaired) electrons. The highest BCUT2D eigenvalue weighted by molar-refractivity contribution is 6.32. The molecular weight excluding hydrogens is 190 g/mol. The van der Waals surface area contributed by atoms with Gasteiger partial charge in [-0.05, 0) is 6.07 Å². The summed E-state index contributed by atoms with van der Waals surface area (Å²) in [5.74, 6) is 5.80. The minimum Gasteiger partial charge on any atom is -0.489 e. The van der Waals surface area contributed by atoms with Crippen LogP contribution in [0.5, 0.6) is 5.75 Å². The Bertz CT molecular complexity index is 364. The third-order valence-electron chi connectivity index (χ3n) is 1.87. The first-order chi connectivity index (χ1) is 6.33. The number of fused-ring (bicyclic) bond motifs is 1. The third kappa shape index (κ3) is 1.33. The molecule has 1 aliphatic heterocycles. The van der Waals surface area contributed by atoms with E-state index in [1.54, 1.807) is 12.3 Å². The predicted molar refractivity (Wildman–Crippen MR) is 50.1 cm³/mol. The molecule has 0 aliphatic carbocycles. The highest BCUT2D eigenvalue weighted by atomic mass is 35.5. The Balaban J connectivity index is 2.58. The molecular formula is C8H8ClN3O. The van der Waals surface area contributed by atoms with Crippen LogP contribution in [0.4, 0.5) is 0 Å². The standard InChI is InChI=1S/C8H8ClN3O/c9-5-1-3-11-7-6(12-10)2-4-13-8(5)7/h1,3H,2,4,10H2/b12-6-. The maximum atomic E-state index is 5.90. The molecule has 0 spiro atoms. The maximum Gasteiger partial charge on any atom is 0.165 e. The smallest absolute Gasteiger partial charge is 0.165 e. The molecule has 0 atom stereocenters. The number of hydrogen-bond donors (Lipinski definition) is 1. The van der Waals surface area contributed by atoms with Crippen LogP contribution < -0.4 is 10.6 Å². The Morgan fingerprint density at radius 1 is 1.62 bits per heavy atom. The number of aromatic nitrogens is 1. The second-order valence-corrected chi connectivity index (χ2v) is 3.05. The van der Waals surface area contributed by atoms with Crippen LogP contribution in [0.15, 0.2) is 17.4 Å². The van der Waals surface area contributed by atoms with Crippen LogP contribution in [-0.4, -0.2) is 17.3 Å². The first-order valence-corrected chi connectivity index (χ1v) is 4.25. The fourth-order valence-corrected chi connectivity index (χ4v) is 1.46. The number of halogens is 1. The summed E-state index contributed by atoms with van der Waals surface area (Å²) in [7, 11) is 0. The van der Waals surface area contributed by atoms with Crippen molar-refractivity contribution < 1.29 is 4.74 Å². The topological polar surface area (TPSA) is 60.5 Å². The summed E-state index contributed by atoms with van der Waals surface area (Å²) in [6.45, 7) is 0.550. The summed E-state index contributed by atoms with van der Waals surface area (Å²) in [4.78, 5) is 4.11. The summed E-state index contributed by atoms with van der Waals surface area (Å²) in [5, 5.41) is 4.19. The molecule has 2 N–H and O–H groups in total. The van der Waals surface area contributed by atoms with Crippen LogP contribution in [0.25, 0.3) is 0 Å². The monoisotopic (exact) mass is 197 g/mol. The van der Waals surface area contributed by atoms with Gasteiger partial charge in [-0.2, -0.15) is 5.10 Å². The largest absolute Gasteiger partial charge is 0.489 e. The Morgan fingerprint density at radius 2 is 2.46 bits per heavy atom. The van der Waals surface area contributed by atoms with Crippen LogP contribution in [0, 0.1) is 0 Å². The van der Waals surface area contributed by atoms with Gasteiger partial charge in [0, 0.05) is 12.6 Å². The van der Waals surface area contributed by atoms with Crippen molar-refractivity contribution >= 4 is 17.3 Å². The zero-order chi connectivity index (χ0) is 9.26. The minimum atomic E-state index is 0.547. The lowest BCUT2D eigenvalue weighted by atomic mass is 10.1. The highest BCUT2D eigenvalue weighted by Crippen LogP contribution is 2.30. The van der Waals surface area contributed by atoms with E-state index in [1.165, 1.54) is 0 Å². The normalized spacial score (nSPS) is 18.1. The summed E-state index contributed by atoms with van der Waals surface area (Å²) in [6, 6.07) is 1.68. The summed E-state index contributed by atoms with van der Waals surface area (Å²) in [6.07, 6.45) is 2.29. The van der Waals surface area contributed by atoms with E-state index >= 15 is 0 Å². The van der Waals surface area contributed by atoms with Gasteiger partial charge in [0.1, 0.15) is 5.69 Å². The molecule has 0 saturated heterocycles. The number of nitrogens with zero attached hydrogens (tertiary/aromatic N) is 2. The van der Waals surface area contributed by atoms with Crippen LogP contribution in [0.3, 0.4) is 0 Å². The molecule has 2 rings (SSSR count). The molecule has 0 unspecified atom stereocenters. The zero-order valence-electron chi connectivity index (χ0n) is 6.83. The summed E-state index contributed by atoms with van der Waals surface area (Å²) >= 11 is 5.90. The molecule has 0 amide bonds. The Morgan fingerprint density at radius 3 is 3.23 bits per heavy atom. The number of nitrogens with two attached hydrogens (primary N) is 1. The molecule has 13 heavy (non-hydrogen) atoms. The van der Waals surface area contributed by atoms with Gasteiger partial charge < -0.3 is 10.6 Å². The average Bonchev–Trinajstić information content (AvgIpc) is 2.18. The van der Waals surface area contributed by atoms with Gasteiger partial charge in [0.05, 0.1) is 17.3 Å². The lowest BCUT2D eigenvalue weighted by Gasteiger charge is -2.17. The lowest BCUT2D eigenvalue weighted by molar-refractivity contribution is 0.318. The molecule has 5 heteroatoms. The van der Waals surface area contributed by atoms with Crippen molar-refractivity contribution in [2.24, 2.45) is 10.9 Å². The summed E-state index contributed by atoms with van der Waals surface area (Å²) in [5.41, 5.74) is 1.39. The number of hydrazone groups is 1. The average molecular weight is 198 g/mol. The van der Waals surface area contributed by atoms with Gasteiger partial charge in [-0.1, -0.05) is 11.6 Å². The van der Waals surface area contributed by atoms with E-state index in [1.807, 2.05) is 0 Å². The quantitative estimate of drug-likeness (QED) is 0.502. The number of pyridine rings is 1. The lowest BCUT2D eigenvalue weighted by Crippen LogP contribution is -2.19. The van der Waals surface area contributed by atoms with E-state index in [4.69, 9.17) is 22.2 Å². The van der Waals surface area contributed by atoms with E-state index in [9.17, 15) is 0 Å². The van der Waals surface area contributed by atoms with E-state index in [2.05, 4.69) is 10.1 Å². The molecule has 0 aromatic carbocycles. The van der Waals surface area contributed by atoms with Crippen LogP contribution >= 0.6 is 11.6 Å². The van der Waals surface area contributed by atoms with E-state index in [0.29, 0.717) is 29.5 Å². The van der Waals surface area contributed by atoms with Gasteiger partial charge >= 0.3 is 0 Å². The van der Waals surface area contributed by atoms with Crippen molar-refractivity contribution in [1.29, 1.82) is 0 Å². The van der Waals surface area contributed by atoms with Crippen molar-refractivity contribution in [2.45, 2.75) is 6.42 Å². The maximum absolute atomic E-state index is 5.90. The van der Waals surface area contributed by atoms with Crippen molar-refractivity contribution in [3.63, 3.8) is 0 Å². The number of ether oxygens (including phenoxy) is 1. The molecule has 4 nitrogen and oxygen atoms in total. The second kappa shape index (κ2) is 3.22. The first-order valence-electron chi connectivity index (χ1n) is 3.87. The number of hydrogen-bond acceptors (Lipinski definition) is 4. The van der Waals surface area contributed by atoms with Crippen LogP contribution in [0.2, 0.25) is 5.02 Å². The van der Waals surface area contributed by atoms with Crippen LogP contribution in [0.1, 0.15) is 12.1 Å². The summed E-state index contributed by atoms with van der Waals surface area (Å²) < 4.78 is 5.36. The minimum absolute atomic E-state index is 0.547. The van der Waals surface area contributed by atoms with Gasteiger partial charge in [-0.15, -0.1) is 0 Å². The molecule has 0 fully saturated rings. The van der Waals surface area contributed by atoms with Crippen molar-refractivity contribution in [3.05, 3.63) is 23.0 Å². The molecule has 1 aromatic heterocycles. The SMILES string of the molecule is N/N=C1/CCOc2c(Cl)ccnc21. The van der Waals surface area contributed by atoms with E-state index in [-0.39, 0.29) is 0 Å². The molecule has 68 valence electrons. The first kappa shape index (κ1) is 8.31. The van der Waals surface area contributed by atoms with E-state index < -0.39 is 0 Å². The van der Waals surface area contributed by atoms with E-state index in [0.717, 1.165) is 5.71 Å². The third-order valence-corrected chi connectivity index (χ3v) is 2.17. The molecule has 0 saturated carbocycles. The Kier molecular flexibility index (Phi) is 2.06. The second-order valence-electron chi connectivity index (χ2n) is 2.64.